The highest BCUT2D eigenvalue weighted by Crippen LogP contribution is 2.21. The van der Waals surface area contributed by atoms with Gasteiger partial charge in [-0.25, -0.2) is 0 Å². The van der Waals surface area contributed by atoms with Gasteiger partial charge in [0.15, 0.2) is 6.04 Å². The molecule has 0 aromatic heterocycles. The van der Waals surface area contributed by atoms with Crippen LogP contribution < -0.4 is 21.3 Å². The molecule has 1 aliphatic carbocycles. The first-order valence-corrected chi connectivity index (χ1v) is 7.89. The molecule has 0 unspecified atom stereocenters. The van der Waals surface area contributed by atoms with Crippen molar-refractivity contribution in [1.82, 2.24) is 5.32 Å². The maximum absolute atomic E-state index is 12.2. The fraction of sp³-hybridized carbons (Fsp3) is 0.438. The summed E-state index contributed by atoms with van der Waals surface area (Å²) in [6.07, 6.45) is 1.89. The van der Waals surface area contributed by atoms with Crippen LogP contribution in [0.2, 0.25) is 0 Å². The van der Waals surface area contributed by atoms with Gasteiger partial charge in [-0.3, -0.25) is 19.7 Å². The van der Waals surface area contributed by atoms with Crippen molar-refractivity contribution >= 4 is 29.1 Å². The minimum absolute atomic E-state index is 0.0750. The van der Waals surface area contributed by atoms with Crippen molar-refractivity contribution in [1.29, 1.82) is 0 Å². The van der Waals surface area contributed by atoms with Crippen molar-refractivity contribution in [3.63, 3.8) is 0 Å². The lowest BCUT2D eigenvalue weighted by Crippen LogP contribution is -2.50. The van der Waals surface area contributed by atoms with Gasteiger partial charge in [-0.15, -0.1) is 0 Å². The third-order valence-electron chi connectivity index (χ3n) is 3.96. The van der Waals surface area contributed by atoms with E-state index in [-0.39, 0.29) is 18.6 Å². The Bertz CT molecular complexity index is 642. The van der Waals surface area contributed by atoms with Gasteiger partial charge in [-0.1, -0.05) is 0 Å². The van der Waals surface area contributed by atoms with Crippen LogP contribution in [-0.4, -0.2) is 49.6 Å². The summed E-state index contributed by atoms with van der Waals surface area (Å²) in [6.45, 7) is 1.07. The molecule has 1 aromatic rings. The predicted octanol–water partition coefficient (Wildman–Crippen LogP) is -0.406. The summed E-state index contributed by atoms with van der Waals surface area (Å²) in [5.41, 5.74) is 6.56. The van der Waals surface area contributed by atoms with Gasteiger partial charge in [0.25, 0.3) is 11.8 Å². The molecule has 0 bridgehead atoms. The van der Waals surface area contributed by atoms with Crippen molar-refractivity contribution < 1.29 is 19.1 Å². The number of hydrogen-bond acceptors (Lipinski definition) is 5. The second-order valence-corrected chi connectivity index (χ2v) is 5.91. The van der Waals surface area contributed by atoms with Crippen molar-refractivity contribution in [3.8, 4) is 0 Å². The molecule has 24 heavy (non-hydrogen) atoms. The molecule has 1 saturated heterocycles. The molecule has 3 rings (SSSR count). The molecule has 4 N–H and O–H groups in total. The Labute approximate surface area is 139 Å². The predicted molar refractivity (Wildman–Crippen MR) is 87.4 cm³/mol. The molecule has 8 nitrogen and oxygen atoms in total. The summed E-state index contributed by atoms with van der Waals surface area (Å²) in [6, 6.07) is 6.00. The molecule has 1 aromatic carbocycles. The summed E-state index contributed by atoms with van der Waals surface area (Å²) in [4.78, 5) is 37.1. The van der Waals surface area contributed by atoms with Crippen LogP contribution in [0.25, 0.3) is 0 Å². The number of nitrogens with zero attached hydrogens (tertiary/aromatic N) is 1. The highest BCUT2D eigenvalue weighted by Gasteiger charge is 2.32. The van der Waals surface area contributed by atoms with E-state index in [1.165, 1.54) is 0 Å². The van der Waals surface area contributed by atoms with Crippen molar-refractivity contribution in [2.45, 2.75) is 24.9 Å². The Balaban J connectivity index is 1.63. The van der Waals surface area contributed by atoms with E-state index in [1.807, 2.05) is 0 Å². The van der Waals surface area contributed by atoms with E-state index in [0.717, 1.165) is 18.5 Å². The van der Waals surface area contributed by atoms with Crippen LogP contribution in [0.5, 0.6) is 0 Å². The van der Waals surface area contributed by atoms with E-state index in [0.29, 0.717) is 18.8 Å². The molecule has 0 spiro atoms. The third-order valence-corrected chi connectivity index (χ3v) is 3.96. The van der Waals surface area contributed by atoms with Gasteiger partial charge < -0.3 is 20.7 Å². The average molecular weight is 332 g/mol. The normalized spacial score (nSPS) is 19.0. The molecule has 8 heteroatoms. The molecular weight excluding hydrogens is 312 g/mol. The number of rotatable bonds is 6. The summed E-state index contributed by atoms with van der Waals surface area (Å²) in [7, 11) is 0. The number of nitrogens with one attached hydrogen (secondary N) is 2. The largest absolute Gasteiger partial charge is 0.370 e. The first-order chi connectivity index (χ1) is 11.5. The summed E-state index contributed by atoms with van der Waals surface area (Å²) in [5.74, 6) is -1.28. The molecule has 1 heterocycles. The average Bonchev–Trinajstić information content (AvgIpc) is 3.38. The van der Waals surface area contributed by atoms with Gasteiger partial charge in [0, 0.05) is 24.0 Å². The number of benzene rings is 1. The van der Waals surface area contributed by atoms with Crippen molar-refractivity contribution in [3.05, 3.63) is 24.3 Å². The monoisotopic (exact) mass is 332 g/mol. The van der Waals surface area contributed by atoms with Crippen LogP contribution in [-0.2, 0) is 19.1 Å². The SMILES string of the molecule is NC(=O)[C@@H](NC1CC1)C(=O)Nc1ccc(N2CCOCC2=O)cc1. The van der Waals surface area contributed by atoms with Crippen LogP contribution >= 0.6 is 0 Å². The Morgan fingerprint density at radius 3 is 2.54 bits per heavy atom. The number of hydrogen-bond donors (Lipinski definition) is 3. The quantitative estimate of drug-likeness (QED) is 0.613. The number of carbonyl (C=O) groups excluding carboxylic acids is 3. The van der Waals surface area contributed by atoms with Gasteiger partial charge in [0.05, 0.1) is 6.61 Å². The Morgan fingerprint density at radius 1 is 1.25 bits per heavy atom. The topological polar surface area (TPSA) is 114 Å². The van der Waals surface area contributed by atoms with E-state index < -0.39 is 17.9 Å². The zero-order valence-corrected chi connectivity index (χ0v) is 13.2. The Morgan fingerprint density at radius 2 is 1.96 bits per heavy atom. The lowest BCUT2D eigenvalue weighted by atomic mass is 10.2. The molecule has 2 fully saturated rings. The number of anilines is 2. The number of carbonyl (C=O) groups is 3. The number of morpholine rings is 1. The summed E-state index contributed by atoms with van der Waals surface area (Å²) < 4.78 is 5.10. The molecule has 1 saturated carbocycles. The highest BCUT2D eigenvalue weighted by molar-refractivity contribution is 6.09. The standard InChI is InChI=1S/C16H20N4O4/c17-15(22)14(18-10-1-2-10)16(23)19-11-3-5-12(6-4-11)20-7-8-24-9-13(20)21/h3-6,10,14,18H,1-2,7-9H2,(H2,17,22)(H,19,23)/t14-/m1/s1. The number of amides is 3. The van der Waals surface area contributed by atoms with E-state index in [9.17, 15) is 14.4 Å². The molecule has 2 aliphatic rings. The summed E-state index contributed by atoms with van der Waals surface area (Å²) in [5, 5.41) is 5.59. The van der Waals surface area contributed by atoms with Gasteiger partial charge in [0.1, 0.15) is 6.61 Å². The van der Waals surface area contributed by atoms with Crippen LogP contribution in [0.1, 0.15) is 12.8 Å². The van der Waals surface area contributed by atoms with E-state index in [1.54, 1.807) is 29.2 Å². The first-order valence-electron chi connectivity index (χ1n) is 7.89. The maximum atomic E-state index is 12.2. The Hall–Kier alpha value is -2.45. The zero-order chi connectivity index (χ0) is 17.1. The molecule has 0 radical (unpaired) electrons. The molecule has 1 aliphatic heterocycles. The number of primary amides is 1. The lowest BCUT2D eigenvalue weighted by molar-refractivity contribution is -0.128. The van der Waals surface area contributed by atoms with Gasteiger partial charge in [-0.2, -0.15) is 0 Å². The van der Waals surface area contributed by atoms with Gasteiger partial charge in [0.2, 0.25) is 5.91 Å². The van der Waals surface area contributed by atoms with Crippen molar-refractivity contribution in [2.75, 3.05) is 30.0 Å². The minimum atomic E-state index is -1.04. The van der Waals surface area contributed by atoms with E-state index in [2.05, 4.69) is 10.6 Å². The Kier molecular flexibility index (Phi) is 4.77. The summed E-state index contributed by atoms with van der Waals surface area (Å²) >= 11 is 0. The molecule has 1 atom stereocenters. The van der Waals surface area contributed by atoms with Crippen LogP contribution in [0.4, 0.5) is 11.4 Å². The van der Waals surface area contributed by atoms with Gasteiger partial charge in [-0.05, 0) is 37.1 Å². The number of ether oxygens (including phenoxy) is 1. The number of nitrogens with two attached hydrogens (primary N) is 1. The third kappa shape index (κ3) is 3.90. The van der Waals surface area contributed by atoms with Crippen LogP contribution in [0.3, 0.4) is 0 Å². The lowest BCUT2D eigenvalue weighted by Gasteiger charge is -2.27. The zero-order valence-electron chi connectivity index (χ0n) is 13.2. The van der Waals surface area contributed by atoms with Crippen LogP contribution in [0, 0.1) is 0 Å². The molecule has 3 amide bonds. The van der Waals surface area contributed by atoms with Crippen molar-refractivity contribution in [2.24, 2.45) is 5.73 Å². The first kappa shape index (κ1) is 16.4. The highest BCUT2D eigenvalue weighted by atomic mass is 16.5. The second kappa shape index (κ2) is 6.98. The molecular formula is C16H20N4O4. The van der Waals surface area contributed by atoms with Crippen LogP contribution in [0.15, 0.2) is 24.3 Å². The molecule has 128 valence electrons. The minimum Gasteiger partial charge on any atom is -0.370 e. The smallest absolute Gasteiger partial charge is 0.253 e. The van der Waals surface area contributed by atoms with E-state index >= 15 is 0 Å². The maximum Gasteiger partial charge on any atom is 0.253 e. The fourth-order valence-corrected chi connectivity index (χ4v) is 2.50. The second-order valence-electron chi connectivity index (χ2n) is 5.91. The fourth-order valence-electron chi connectivity index (χ4n) is 2.50. The van der Waals surface area contributed by atoms with Gasteiger partial charge >= 0.3 is 0 Å². The van der Waals surface area contributed by atoms with E-state index in [4.69, 9.17) is 10.5 Å².